The number of ether oxygens (including phenoxy) is 1. The van der Waals surface area contributed by atoms with Gasteiger partial charge in [0.1, 0.15) is 6.07 Å². The number of rotatable bonds is 4. The molecule has 0 saturated carbocycles. The van der Waals surface area contributed by atoms with Crippen LogP contribution in [-0.2, 0) is 9.53 Å². The van der Waals surface area contributed by atoms with E-state index in [-0.39, 0.29) is 5.97 Å². The summed E-state index contributed by atoms with van der Waals surface area (Å²) in [7, 11) is 1.36. The van der Waals surface area contributed by atoms with Crippen molar-refractivity contribution in [2.24, 2.45) is 5.41 Å². The maximum Gasteiger partial charge on any atom is 0.313 e. The number of nitrogens with one attached hydrogen (secondary N) is 1. The zero-order valence-corrected chi connectivity index (χ0v) is 12.2. The van der Waals surface area contributed by atoms with Crippen molar-refractivity contribution in [1.29, 1.82) is 5.26 Å². The average molecular weight is 311 g/mol. The molecule has 0 fully saturated rings. The third kappa shape index (κ3) is 3.47. The van der Waals surface area contributed by atoms with Crippen molar-refractivity contribution < 1.29 is 9.53 Å². The fourth-order valence-corrected chi connectivity index (χ4v) is 1.79. The van der Waals surface area contributed by atoms with Crippen LogP contribution in [0.3, 0.4) is 0 Å². The topological polar surface area (TPSA) is 62.1 Å². The predicted molar refractivity (Wildman–Crippen MR) is 73.1 cm³/mol. The molecule has 96 valence electrons. The molecule has 0 amide bonds. The lowest BCUT2D eigenvalue weighted by Crippen LogP contribution is -2.33. The van der Waals surface area contributed by atoms with Crippen LogP contribution in [0.5, 0.6) is 0 Å². The minimum atomic E-state index is -0.649. The van der Waals surface area contributed by atoms with Gasteiger partial charge >= 0.3 is 5.97 Å². The monoisotopic (exact) mass is 310 g/mol. The maximum absolute atomic E-state index is 11.5. The van der Waals surface area contributed by atoms with Gasteiger partial charge in [0, 0.05) is 11.0 Å². The second-order valence-electron chi connectivity index (χ2n) is 4.53. The molecule has 0 bridgehead atoms. The Morgan fingerprint density at radius 2 is 2.22 bits per heavy atom. The lowest BCUT2D eigenvalue weighted by molar-refractivity contribution is -0.149. The second kappa shape index (κ2) is 5.87. The zero-order chi connectivity index (χ0) is 13.8. The largest absolute Gasteiger partial charge is 0.469 e. The first-order valence-electron chi connectivity index (χ1n) is 5.42. The van der Waals surface area contributed by atoms with E-state index in [1.54, 1.807) is 26.0 Å². The minimum Gasteiger partial charge on any atom is -0.469 e. The van der Waals surface area contributed by atoms with Gasteiger partial charge in [0.25, 0.3) is 0 Å². The van der Waals surface area contributed by atoms with E-state index in [0.717, 1.165) is 4.47 Å². The number of benzene rings is 1. The molecular weight excluding hydrogens is 296 g/mol. The summed E-state index contributed by atoms with van der Waals surface area (Å²) in [5.74, 6) is -0.288. The maximum atomic E-state index is 11.5. The molecule has 0 unspecified atom stereocenters. The van der Waals surface area contributed by atoms with Crippen molar-refractivity contribution in [2.75, 3.05) is 19.0 Å². The molecule has 1 aromatic carbocycles. The molecule has 18 heavy (non-hydrogen) atoms. The van der Waals surface area contributed by atoms with E-state index in [4.69, 9.17) is 10.00 Å². The number of hydrogen-bond donors (Lipinski definition) is 1. The van der Waals surface area contributed by atoms with E-state index in [1.165, 1.54) is 7.11 Å². The van der Waals surface area contributed by atoms with Crippen LogP contribution < -0.4 is 5.32 Å². The predicted octanol–water partition coefficient (Wildman–Crippen LogP) is 2.93. The molecule has 0 atom stereocenters. The van der Waals surface area contributed by atoms with Gasteiger partial charge in [-0.15, -0.1) is 0 Å². The highest BCUT2D eigenvalue weighted by Crippen LogP contribution is 2.23. The van der Waals surface area contributed by atoms with Crippen LogP contribution in [-0.4, -0.2) is 19.6 Å². The third-order valence-electron chi connectivity index (χ3n) is 2.56. The summed E-state index contributed by atoms with van der Waals surface area (Å²) in [5, 5.41) is 12.1. The molecule has 0 saturated heterocycles. The van der Waals surface area contributed by atoms with Crippen molar-refractivity contribution >= 4 is 27.6 Å². The Morgan fingerprint density at radius 3 is 2.78 bits per heavy atom. The van der Waals surface area contributed by atoms with E-state index in [9.17, 15) is 4.79 Å². The Labute approximate surface area is 115 Å². The number of nitriles is 1. The van der Waals surface area contributed by atoms with Crippen molar-refractivity contribution in [3.05, 3.63) is 28.2 Å². The molecule has 1 rings (SSSR count). The Hall–Kier alpha value is -1.54. The number of esters is 1. The number of carbonyl (C=O) groups excluding carboxylic acids is 1. The molecule has 0 aromatic heterocycles. The molecular formula is C13H15BrN2O2. The van der Waals surface area contributed by atoms with Crippen LogP contribution >= 0.6 is 15.9 Å². The van der Waals surface area contributed by atoms with Gasteiger partial charge < -0.3 is 10.1 Å². The minimum absolute atomic E-state index is 0.288. The normalized spacial score (nSPS) is 10.6. The summed E-state index contributed by atoms with van der Waals surface area (Å²) in [6, 6.07) is 7.43. The van der Waals surface area contributed by atoms with Crippen molar-refractivity contribution in [1.82, 2.24) is 0 Å². The number of anilines is 1. The number of hydrogen-bond acceptors (Lipinski definition) is 4. The Balaban J connectivity index is 2.84. The van der Waals surface area contributed by atoms with Crippen molar-refractivity contribution in [2.45, 2.75) is 13.8 Å². The third-order valence-corrected chi connectivity index (χ3v) is 3.05. The van der Waals surface area contributed by atoms with Gasteiger partial charge in [-0.05, 0) is 32.0 Å². The molecule has 4 nitrogen and oxygen atoms in total. The summed E-state index contributed by atoms with van der Waals surface area (Å²) in [6.07, 6.45) is 0. The molecule has 0 radical (unpaired) electrons. The lowest BCUT2D eigenvalue weighted by atomic mass is 9.93. The quantitative estimate of drug-likeness (QED) is 0.869. The van der Waals surface area contributed by atoms with Crippen LogP contribution in [0.4, 0.5) is 5.69 Å². The first-order valence-corrected chi connectivity index (χ1v) is 6.22. The summed E-state index contributed by atoms with van der Waals surface area (Å²) in [6.45, 7) is 3.97. The molecule has 0 heterocycles. The van der Waals surface area contributed by atoms with E-state index >= 15 is 0 Å². The second-order valence-corrected chi connectivity index (χ2v) is 5.45. The lowest BCUT2D eigenvalue weighted by Gasteiger charge is -2.22. The smallest absolute Gasteiger partial charge is 0.313 e. The summed E-state index contributed by atoms with van der Waals surface area (Å²) >= 11 is 3.35. The van der Waals surface area contributed by atoms with Gasteiger partial charge in [-0.2, -0.15) is 5.26 Å². The summed E-state index contributed by atoms with van der Waals surface area (Å²) in [4.78, 5) is 11.5. The van der Waals surface area contributed by atoms with Crippen LogP contribution in [0.2, 0.25) is 0 Å². The van der Waals surface area contributed by atoms with Gasteiger partial charge in [-0.25, -0.2) is 0 Å². The average Bonchev–Trinajstić information content (AvgIpc) is 2.35. The molecule has 0 aliphatic heterocycles. The number of nitrogens with zero attached hydrogens (tertiary/aromatic N) is 1. The van der Waals surface area contributed by atoms with E-state index in [2.05, 4.69) is 27.3 Å². The molecule has 0 spiro atoms. The van der Waals surface area contributed by atoms with Crippen LogP contribution in [0, 0.1) is 16.7 Å². The molecule has 1 N–H and O–H groups in total. The van der Waals surface area contributed by atoms with Gasteiger partial charge in [0.15, 0.2) is 0 Å². The van der Waals surface area contributed by atoms with Gasteiger partial charge in [0.2, 0.25) is 0 Å². The Bertz CT molecular complexity index is 492. The van der Waals surface area contributed by atoms with Crippen LogP contribution in [0.1, 0.15) is 19.4 Å². The van der Waals surface area contributed by atoms with Crippen LogP contribution in [0.25, 0.3) is 0 Å². The number of halogens is 1. The summed E-state index contributed by atoms with van der Waals surface area (Å²) in [5.41, 5.74) is 0.590. The number of carbonyl (C=O) groups is 1. The first kappa shape index (κ1) is 14.5. The fraction of sp³-hybridized carbons (Fsp3) is 0.385. The number of methoxy groups -OCH3 is 1. The molecule has 0 aliphatic rings. The van der Waals surface area contributed by atoms with E-state index in [1.807, 2.05) is 6.07 Å². The zero-order valence-electron chi connectivity index (χ0n) is 10.6. The first-order chi connectivity index (χ1) is 8.40. The Kier molecular flexibility index (Phi) is 4.74. The molecule has 1 aromatic rings. The standard InChI is InChI=1S/C13H15BrN2O2/c1-13(2,12(17)18-3)8-16-11-6-10(14)5-4-9(11)7-15/h4-6,16H,8H2,1-3H3. The highest BCUT2D eigenvalue weighted by molar-refractivity contribution is 9.10. The van der Waals surface area contributed by atoms with Crippen molar-refractivity contribution in [3.63, 3.8) is 0 Å². The molecule has 0 aliphatic carbocycles. The van der Waals surface area contributed by atoms with Gasteiger partial charge in [-0.1, -0.05) is 15.9 Å². The molecule has 5 heteroatoms. The van der Waals surface area contributed by atoms with Gasteiger partial charge in [0.05, 0.1) is 23.8 Å². The van der Waals surface area contributed by atoms with E-state index < -0.39 is 5.41 Å². The summed E-state index contributed by atoms with van der Waals surface area (Å²) < 4.78 is 5.61. The van der Waals surface area contributed by atoms with Gasteiger partial charge in [-0.3, -0.25) is 4.79 Å². The highest BCUT2D eigenvalue weighted by Gasteiger charge is 2.28. The highest BCUT2D eigenvalue weighted by atomic mass is 79.9. The SMILES string of the molecule is COC(=O)C(C)(C)CNc1cc(Br)ccc1C#N. The Morgan fingerprint density at radius 1 is 1.56 bits per heavy atom. The fourth-order valence-electron chi connectivity index (χ4n) is 1.42. The van der Waals surface area contributed by atoms with Crippen LogP contribution in [0.15, 0.2) is 22.7 Å². The van der Waals surface area contributed by atoms with Crippen molar-refractivity contribution in [3.8, 4) is 6.07 Å². The van der Waals surface area contributed by atoms with E-state index in [0.29, 0.717) is 17.8 Å².